The molecule has 0 spiro atoms. The molecule has 0 saturated carbocycles. The van der Waals surface area contributed by atoms with Crippen molar-refractivity contribution >= 4 is 17.4 Å². The first-order chi connectivity index (χ1) is 9.37. The van der Waals surface area contributed by atoms with Gasteiger partial charge in [0, 0.05) is 6.20 Å². The van der Waals surface area contributed by atoms with Gasteiger partial charge in [-0.25, -0.2) is 4.79 Å². The molecule has 1 aliphatic rings. The minimum Gasteiger partial charge on any atom is -0.393 e. The molecule has 0 radical (unpaired) electrons. The van der Waals surface area contributed by atoms with Crippen molar-refractivity contribution in [3.05, 3.63) is 22.7 Å². The van der Waals surface area contributed by atoms with Crippen LogP contribution in [-0.2, 0) is 11.3 Å². The molecule has 112 valence electrons. The van der Waals surface area contributed by atoms with Crippen molar-refractivity contribution in [1.29, 1.82) is 0 Å². The molecule has 20 heavy (non-hydrogen) atoms. The van der Waals surface area contributed by atoms with Crippen molar-refractivity contribution in [2.45, 2.75) is 23.9 Å². The molecular weight excluding hydrogens is 290 g/mol. The van der Waals surface area contributed by atoms with Crippen LogP contribution >= 0.6 is 11.6 Å². The van der Waals surface area contributed by atoms with Crippen LogP contribution in [0.15, 0.2) is 17.1 Å². The summed E-state index contributed by atoms with van der Waals surface area (Å²) in [6.45, 7) is -1.06. The van der Waals surface area contributed by atoms with Crippen molar-refractivity contribution in [2.75, 3.05) is 24.8 Å². The van der Waals surface area contributed by atoms with Gasteiger partial charge in [0.1, 0.15) is 23.1 Å². The number of anilines is 1. The van der Waals surface area contributed by atoms with Gasteiger partial charge in [-0.05, 0) is 6.07 Å². The zero-order valence-electron chi connectivity index (χ0n) is 10.6. The molecule has 1 saturated heterocycles. The number of hydrogen-bond donors (Lipinski definition) is 4. The average molecular weight is 306 g/mol. The summed E-state index contributed by atoms with van der Waals surface area (Å²) in [5, 5.41) is 29.9. The number of halogens is 1. The third-order valence-electron chi connectivity index (χ3n) is 3.45. The van der Waals surface area contributed by atoms with Gasteiger partial charge < -0.3 is 25.8 Å². The summed E-state index contributed by atoms with van der Waals surface area (Å²) < 4.78 is 6.36. The van der Waals surface area contributed by atoms with E-state index < -0.39 is 29.6 Å². The first-order valence-electron chi connectivity index (χ1n) is 5.91. The fourth-order valence-corrected chi connectivity index (χ4v) is 2.50. The van der Waals surface area contributed by atoms with E-state index in [9.17, 15) is 20.1 Å². The van der Waals surface area contributed by atoms with Gasteiger partial charge in [0.15, 0.2) is 0 Å². The molecule has 1 aromatic heterocycles. The molecule has 1 aliphatic heterocycles. The summed E-state index contributed by atoms with van der Waals surface area (Å²) in [4.78, 5) is 15.2. The van der Waals surface area contributed by atoms with Crippen molar-refractivity contribution < 1.29 is 20.1 Å². The second-order valence-electron chi connectivity index (χ2n) is 4.91. The molecule has 0 bridgehead atoms. The molecule has 0 aromatic carbocycles. The molecule has 3 atom stereocenters. The van der Waals surface area contributed by atoms with E-state index in [2.05, 4.69) is 4.98 Å². The van der Waals surface area contributed by atoms with E-state index in [0.29, 0.717) is 0 Å². The molecule has 0 aliphatic carbocycles. The summed E-state index contributed by atoms with van der Waals surface area (Å²) in [6.07, 6.45) is -0.0865. The zero-order valence-corrected chi connectivity index (χ0v) is 11.3. The van der Waals surface area contributed by atoms with E-state index in [-0.39, 0.29) is 24.8 Å². The largest absolute Gasteiger partial charge is 0.393 e. The minimum absolute atomic E-state index is 0.0620. The van der Waals surface area contributed by atoms with Crippen molar-refractivity contribution in [3.8, 4) is 0 Å². The Morgan fingerprint density at radius 2 is 2.35 bits per heavy atom. The number of aliphatic hydroxyl groups excluding tert-OH is 2. The Labute approximate surface area is 119 Å². The molecule has 2 rings (SSSR count). The van der Waals surface area contributed by atoms with E-state index in [1.165, 1.54) is 12.3 Å². The number of nitrogens with two attached hydrogens (primary N) is 1. The molecule has 8 nitrogen and oxygen atoms in total. The van der Waals surface area contributed by atoms with Crippen LogP contribution in [-0.4, -0.2) is 61.3 Å². The highest BCUT2D eigenvalue weighted by Gasteiger charge is 2.57. The lowest BCUT2D eigenvalue weighted by Crippen LogP contribution is -2.55. The first kappa shape index (κ1) is 15.2. The van der Waals surface area contributed by atoms with Crippen LogP contribution in [0.5, 0.6) is 0 Å². The number of nitrogen functional groups attached to an aromatic ring is 1. The van der Waals surface area contributed by atoms with Gasteiger partial charge in [0.25, 0.3) is 0 Å². The maximum Gasteiger partial charge on any atom is 0.349 e. The monoisotopic (exact) mass is 305 g/mol. The lowest BCUT2D eigenvalue weighted by molar-refractivity contribution is -0.0987. The highest BCUT2D eigenvalue weighted by molar-refractivity contribution is 6.18. The van der Waals surface area contributed by atoms with E-state index in [1.54, 1.807) is 0 Å². The Hall–Kier alpha value is -1.19. The lowest BCUT2D eigenvalue weighted by atomic mass is 9.88. The van der Waals surface area contributed by atoms with Crippen LogP contribution in [0.1, 0.15) is 0 Å². The van der Waals surface area contributed by atoms with Crippen LogP contribution in [0.4, 0.5) is 5.82 Å². The number of nitrogens with zero attached hydrogens (tertiary/aromatic N) is 2. The van der Waals surface area contributed by atoms with Crippen LogP contribution < -0.4 is 11.4 Å². The predicted octanol–water partition coefficient (Wildman–Crippen LogP) is -2.08. The van der Waals surface area contributed by atoms with Crippen LogP contribution in [0.25, 0.3) is 0 Å². The van der Waals surface area contributed by atoms with Gasteiger partial charge in [-0.3, -0.25) is 4.57 Å². The first-order valence-corrected chi connectivity index (χ1v) is 6.44. The van der Waals surface area contributed by atoms with Crippen LogP contribution in [0, 0.1) is 0 Å². The third kappa shape index (κ3) is 2.40. The molecule has 2 heterocycles. The Morgan fingerprint density at radius 1 is 1.65 bits per heavy atom. The Bertz CT molecular complexity index is 547. The van der Waals surface area contributed by atoms with Gasteiger partial charge in [0.05, 0.1) is 25.6 Å². The maximum atomic E-state index is 11.6. The van der Waals surface area contributed by atoms with Gasteiger partial charge in [-0.15, -0.1) is 11.6 Å². The Morgan fingerprint density at radius 3 is 2.85 bits per heavy atom. The number of alkyl halides is 1. The topological polar surface area (TPSA) is 131 Å². The van der Waals surface area contributed by atoms with Crippen LogP contribution in [0.2, 0.25) is 0 Å². The number of aromatic nitrogens is 2. The quantitative estimate of drug-likeness (QED) is 0.469. The van der Waals surface area contributed by atoms with Crippen molar-refractivity contribution in [1.82, 2.24) is 9.55 Å². The molecule has 5 N–H and O–H groups in total. The molecule has 1 fully saturated rings. The van der Waals surface area contributed by atoms with Gasteiger partial charge in [-0.1, -0.05) is 0 Å². The Balaban J connectivity index is 2.27. The van der Waals surface area contributed by atoms with E-state index in [0.717, 1.165) is 4.57 Å². The summed E-state index contributed by atoms with van der Waals surface area (Å²) in [5.74, 6) is -0.131. The van der Waals surface area contributed by atoms with Crippen LogP contribution in [0.3, 0.4) is 0 Å². The molecule has 0 amide bonds. The minimum atomic E-state index is -1.75. The molecule has 1 aromatic rings. The maximum absolute atomic E-state index is 11.6. The lowest BCUT2D eigenvalue weighted by Gasteiger charge is -2.32. The van der Waals surface area contributed by atoms with Crippen molar-refractivity contribution in [2.24, 2.45) is 0 Å². The SMILES string of the molecule is Nc1ccn(C[C@]2(O)CO[C@@](CO)(CCl)[C@H]2O)c(=O)n1. The number of rotatable bonds is 4. The normalized spacial score (nSPS) is 33.5. The fraction of sp³-hybridized carbons (Fsp3) is 0.636. The van der Waals surface area contributed by atoms with Gasteiger partial charge in [0.2, 0.25) is 0 Å². The zero-order chi connectivity index (χ0) is 15.0. The van der Waals surface area contributed by atoms with Crippen molar-refractivity contribution in [3.63, 3.8) is 0 Å². The second-order valence-corrected chi connectivity index (χ2v) is 5.18. The molecule has 0 unspecified atom stereocenters. The number of hydrogen-bond acceptors (Lipinski definition) is 7. The van der Waals surface area contributed by atoms with E-state index in [1.807, 2.05) is 0 Å². The summed E-state index contributed by atoms with van der Waals surface area (Å²) in [7, 11) is 0. The summed E-state index contributed by atoms with van der Waals surface area (Å²) >= 11 is 5.69. The fourth-order valence-electron chi connectivity index (χ4n) is 2.19. The predicted molar refractivity (Wildman–Crippen MR) is 70.4 cm³/mol. The molecular formula is C11H16ClN3O5. The standard InChI is InChI=1S/C11H16ClN3O5/c12-3-11(5-16)8(17)10(19,6-20-11)4-15-2-1-7(13)14-9(15)18/h1-2,8,16-17,19H,3-6H2,(H2,13,14,18)/t8-,10-,11+/m0/s1. The smallest absolute Gasteiger partial charge is 0.349 e. The van der Waals surface area contributed by atoms with E-state index in [4.69, 9.17) is 22.1 Å². The highest BCUT2D eigenvalue weighted by Crippen LogP contribution is 2.35. The van der Waals surface area contributed by atoms with Gasteiger partial charge >= 0.3 is 5.69 Å². The second kappa shape index (κ2) is 5.30. The Kier molecular flexibility index (Phi) is 4.03. The average Bonchev–Trinajstić information content (AvgIpc) is 2.67. The third-order valence-corrected chi connectivity index (χ3v) is 3.90. The highest BCUT2D eigenvalue weighted by atomic mass is 35.5. The number of aliphatic hydroxyl groups is 3. The summed E-state index contributed by atoms with van der Waals surface area (Å²) in [5.41, 5.74) is 1.52. The van der Waals surface area contributed by atoms with E-state index >= 15 is 0 Å². The molecule has 9 heteroatoms. The summed E-state index contributed by atoms with van der Waals surface area (Å²) in [6, 6.07) is 1.40. The van der Waals surface area contributed by atoms with Gasteiger partial charge in [-0.2, -0.15) is 4.98 Å². The number of ether oxygens (including phenoxy) is 1.